The van der Waals surface area contributed by atoms with Gasteiger partial charge in [0.05, 0.1) is 0 Å². The molecule has 1 aliphatic heterocycles. The van der Waals surface area contributed by atoms with Gasteiger partial charge in [0.1, 0.15) is 11.6 Å². The Bertz CT molecular complexity index is 503. The second kappa shape index (κ2) is 7.06. The fraction of sp³-hybridized carbons (Fsp3) is 0.467. The lowest BCUT2D eigenvalue weighted by atomic mass is 10.0. The molecule has 1 saturated heterocycles. The van der Waals surface area contributed by atoms with Crippen LogP contribution in [0.15, 0.2) is 24.3 Å². The van der Waals surface area contributed by atoms with Crippen molar-refractivity contribution >= 4 is 11.9 Å². The van der Waals surface area contributed by atoms with Crippen molar-refractivity contribution in [2.45, 2.75) is 19.3 Å². The smallest absolute Gasteiger partial charge is 0.303 e. The van der Waals surface area contributed by atoms with Crippen LogP contribution in [0.1, 0.15) is 19.3 Å². The zero-order valence-electron chi connectivity index (χ0n) is 11.6. The van der Waals surface area contributed by atoms with Crippen LogP contribution in [0.3, 0.4) is 0 Å². The SMILES string of the molecule is O=C(O)CCC1CCN(C(=O)COc2ccc(F)cc2)C1. The second-order valence-corrected chi connectivity index (χ2v) is 5.17. The Morgan fingerprint density at radius 2 is 2.05 bits per heavy atom. The Kier molecular flexibility index (Phi) is 5.14. The van der Waals surface area contributed by atoms with Crippen molar-refractivity contribution in [3.8, 4) is 5.75 Å². The van der Waals surface area contributed by atoms with Crippen LogP contribution in [0.2, 0.25) is 0 Å². The van der Waals surface area contributed by atoms with Crippen molar-refractivity contribution in [3.05, 3.63) is 30.1 Å². The Morgan fingerprint density at radius 1 is 1.33 bits per heavy atom. The number of nitrogens with zero attached hydrogens (tertiary/aromatic N) is 1. The van der Waals surface area contributed by atoms with Gasteiger partial charge in [-0.25, -0.2) is 4.39 Å². The summed E-state index contributed by atoms with van der Waals surface area (Å²) in [7, 11) is 0. The maximum atomic E-state index is 12.7. The summed E-state index contributed by atoms with van der Waals surface area (Å²) in [6, 6.07) is 5.50. The summed E-state index contributed by atoms with van der Waals surface area (Å²) in [4.78, 5) is 24.2. The van der Waals surface area contributed by atoms with Crippen molar-refractivity contribution in [1.82, 2.24) is 4.90 Å². The van der Waals surface area contributed by atoms with Gasteiger partial charge in [0, 0.05) is 19.5 Å². The number of likely N-dealkylation sites (tertiary alicyclic amines) is 1. The van der Waals surface area contributed by atoms with E-state index in [2.05, 4.69) is 0 Å². The van der Waals surface area contributed by atoms with Crippen LogP contribution in [-0.2, 0) is 9.59 Å². The molecule has 0 saturated carbocycles. The molecule has 0 spiro atoms. The number of aliphatic carboxylic acids is 1. The Morgan fingerprint density at radius 3 is 2.71 bits per heavy atom. The summed E-state index contributed by atoms with van der Waals surface area (Å²) < 4.78 is 18.0. The minimum atomic E-state index is -0.806. The number of carbonyl (C=O) groups excluding carboxylic acids is 1. The summed E-state index contributed by atoms with van der Waals surface area (Å²) >= 11 is 0. The lowest BCUT2D eigenvalue weighted by Crippen LogP contribution is -2.33. The molecule has 21 heavy (non-hydrogen) atoms. The fourth-order valence-corrected chi connectivity index (χ4v) is 2.39. The number of amides is 1. The van der Waals surface area contributed by atoms with Crippen molar-refractivity contribution in [2.24, 2.45) is 5.92 Å². The molecular weight excluding hydrogens is 277 g/mol. The highest BCUT2D eigenvalue weighted by molar-refractivity contribution is 5.78. The van der Waals surface area contributed by atoms with E-state index in [1.807, 2.05) is 0 Å². The standard InChI is InChI=1S/C15H18FNO4/c16-12-2-4-13(5-3-12)21-10-14(18)17-8-7-11(9-17)1-6-15(19)20/h2-5,11H,1,6-10H2,(H,19,20). The molecule has 1 aromatic carbocycles. The number of halogens is 1. The number of carbonyl (C=O) groups is 2. The molecule has 2 rings (SSSR count). The lowest BCUT2D eigenvalue weighted by Gasteiger charge is -2.16. The topological polar surface area (TPSA) is 66.8 Å². The van der Waals surface area contributed by atoms with Crippen molar-refractivity contribution in [1.29, 1.82) is 0 Å². The van der Waals surface area contributed by atoms with Gasteiger partial charge in [0.2, 0.25) is 0 Å². The number of hydrogen-bond acceptors (Lipinski definition) is 3. The summed E-state index contributed by atoms with van der Waals surface area (Å²) in [5, 5.41) is 8.65. The average Bonchev–Trinajstić information content (AvgIpc) is 2.93. The third kappa shape index (κ3) is 4.73. The molecule has 0 aromatic heterocycles. The van der Waals surface area contributed by atoms with Gasteiger partial charge in [0.25, 0.3) is 5.91 Å². The first-order chi connectivity index (χ1) is 10.0. The third-order valence-electron chi connectivity index (χ3n) is 3.58. The van der Waals surface area contributed by atoms with Crippen molar-refractivity contribution in [2.75, 3.05) is 19.7 Å². The largest absolute Gasteiger partial charge is 0.484 e. The van der Waals surface area contributed by atoms with Crippen LogP contribution in [0.4, 0.5) is 4.39 Å². The van der Waals surface area contributed by atoms with E-state index in [1.165, 1.54) is 24.3 Å². The zero-order chi connectivity index (χ0) is 15.2. The van der Waals surface area contributed by atoms with E-state index < -0.39 is 5.97 Å². The molecule has 1 N–H and O–H groups in total. The minimum absolute atomic E-state index is 0.0860. The molecule has 114 valence electrons. The average molecular weight is 295 g/mol. The van der Waals surface area contributed by atoms with Crippen LogP contribution in [0, 0.1) is 11.7 Å². The van der Waals surface area contributed by atoms with E-state index in [1.54, 1.807) is 4.90 Å². The number of carboxylic acids is 1. The Labute approximate surface area is 122 Å². The second-order valence-electron chi connectivity index (χ2n) is 5.17. The molecule has 1 aromatic rings. The van der Waals surface area contributed by atoms with Gasteiger partial charge in [-0.3, -0.25) is 9.59 Å². The van der Waals surface area contributed by atoms with E-state index in [9.17, 15) is 14.0 Å². The van der Waals surface area contributed by atoms with Gasteiger partial charge in [-0.2, -0.15) is 0 Å². The molecule has 0 bridgehead atoms. The molecule has 1 aliphatic rings. The van der Waals surface area contributed by atoms with Crippen LogP contribution < -0.4 is 4.74 Å². The van der Waals surface area contributed by atoms with Gasteiger partial charge in [-0.1, -0.05) is 0 Å². The maximum Gasteiger partial charge on any atom is 0.303 e. The van der Waals surface area contributed by atoms with Gasteiger partial charge in [-0.15, -0.1) is 0 Å². The highest BCUT2D eigenvalue weighted by Crippen LogP contribution is 2.21. The van der Waals surface area contributed by atoms with E-state index in [0.29, 0.717) is 25.3 Å². The zero-order valence-corrected chi connectivity index (χ0v) is 11.6. The molecule has 1 atom stereocenters. The van der Waals surface area contributed by atoms with Crippen LogP contribution in [0.25, 0.3) is 0 Å². The molecular formula is C15H18FNO4. The van der Waals surface area contributed by atoms with E-state index >= 15 is 0 Å². The number of ether oxygens (including phenoxy) is 1. The van der Waals surface area contributed by atoms with E-state index in [4.69, 9.17) is 9.84 Å². The quantitative estimate of drug-likeness (QED) is 0.870. The van der Waals surface area contributed by atoms with Crippen LogP contribution in [0.5, 0.6) is 5.75 Å². The lowest BCUT2D eigenvalue weighted by molar-refractivity contribution is -0.137. The summed E-state index contributed by atoms with van der Waals surface area (Å²) in [5.41, 5.74) is 0. The predicted molar refractivity (Wildman–Crippen MR) is 73.5 cm³/mol. The summed E-state index contributed by atoms with van der Waals surface area (Å²) in [6.45, 7) is 1.13. The number of benzene rings is 1. The van der Waals surface area contributed by atoms with E-state index in [0.717, 1.165) is 6.42 Å². The Hall–Kier alpha value is -2.11. The van der Waals surface area contributed by atoms with Gasteiger partial charge >= 0.3 is 5.97 Å². The molecule has 1 unspecified atom stereocenters. The first kappa shape index (κ1) is 15.3. The molecule has 5 nitrogen and oxygen atoms in total. The number of rotatable bonds is 6. The molecule has 1 fully saturated rings. The predicted octanol–water partition coefficient (Wildman–Crippen LogP) is 1.92. The normalized spacial score (nSPS) is 17.8. The first-order valence-electron chi connectivity index (χ1n) is 6.92. The molecule has 1 amide bonds. The molecule has 0 radical (unpaired) electrons. The minimum Gasteiger partial charge on any atom is -0.484 e. The van der Waals surface area contributed by atoms with E-state index in [-0.39, 0.29) is 30.7 Å². The van der Waals surface area contributed by atoms with Gasteiger partial charge in [0.15, 0.2) is 6.61 Å². The highest BCUT2D eigenvalue weighted by atomic mass is 19.1. The molecule has 1 heterocycles. The Balaban J connectivity index is 1.74. The fourth-order valence-electron chi connectivity index (χ4n) is 2.39. The number of carboxylic acid groups (broad SMARTS) is 1. The third-order valence-corrected chi connectivity index (χ3v) is 3.58. The van der Waals surface area contributed by atoms with Crippen LogP contribution >= 0.6 is 0 Å². The monoisotopic (exact) mass is 295 g/mol. The van der Waals surface area contributed by atoms with Crippen molar-refractivity contribution in [3.63, 3.8) is 0 Å². The van der Waals surface area contributed by atoms with Crippen molar-refractivity contribution < 1.29 is 23.8 Å². The van der Waals surface area contributed by atoms with Crippen LogP contribution in [-0.4, -0.2) is 41.6 Å². The first-order valence-corrected chi connectivity index (χ1v) is 6.92. The highest BCUT2D eigenvalue weighted by Gasteiger charge is 2.26. The summed E-state index contributed by atoms with van der Waals surface area (Å²) in [5.74, 6) is -0.590. The summed E-state index contributed by atoms with van der Waals surface area (Å²) in [6.07, 6.45) is 1.56. The number of hydrogen-bond donors (Lipinski definition) is 1. The maximum absolute atomic E-state index is 12.7. The van der Waals surface area contributed by atoms with Gasteiger partial charge in [-0.05, 0) is 43.0 Å². The molecule has 0 aliphatic carbocycles. The molecule has 6 heteroatoms. The van der Waals surface area contributed by atoms with Gasteiger partial charge < -0.3 is 14.7 Å².